The van der Waals surface area contributed by atoms with Crippen LogP contribution in [0.25, 0.3) is 0 Å². The zero-order chi connectivity index (χ0) is 29.6. The maximum Gasteiger partial charge on any atom is 0.427 e. The first-order chi connectivity index (χ1) is 17.7. The Balaban J connectivity index is 2.04. The first-order valence-electron chi connectivity index (χ1n) is 10.7. The summed E-state index contributed by atoms with van der Waals surface area (Å²) in [5, 5.41) is 11.1. The fourth-order valence-corrected chi connectivity index (χ4v) is 4.89. The smallest absolute Gasteiger partial charge is 0.427 e. The third-order valence-corrected chi connectivity index (χ3v) is 7.18. The lowest BCUT2D eigenvalue weighted by Gasteiger charge is -2.35. The van der Waals surface area contributed by atoms with E-state index in [1.807, 2.05) is 5.32 Å². The largest absolute Gasteiger partial charge is 0.486 e. The molecule has 0 bridgehead atoms. The minimum Gasteiger partial charge on any atom is -0.486 e. The van der Waals surface area contributed by atoms with Gasteiger partial charge in [0.15, 0.2) is 0 Å². The van der Waals surface area contributed by atoms with Crippen molar-refractivity contribution < 1.29 is 63.3 Å². The molecular formula is C22H19F7N2O7S. The van der Waals surface area contributed by atoms with Gasteiger partial charge in [0.2, 0.25) is 5.60 Å². The second-order valence-electron chi connectivity index (χ2n) is 8.72. The van der Waals surface area contributed by atoms with Crippen molar-refractivity contribution in [2.45, 2.75) is 49.2 Å². The summed E-state index contributed by atoms with van der Waals surface area (Å²) in [6.45, 7) is 0.444. The molecule has 0 spiro atoms. The Bertz CT molecular complexity index is 1390. The molecule has 1 amide bonds. The van der Waals surface area contributed by atoms with Gasteiger partial charge in [-0.25, -0.2) is 17.6 Å². The zero-order valence-corrected chi connectivity index (χ0v) is 20.7. The van der Waals surface area contributed by atoms with E-state index in [9.17, 15) is 48.7 Å². The maximum absolute atomic E-state index is 13.8. The first-order valence-corrected chi connectivity index (χ1v) is 12.1. The molecule has 0 fully saturated rings. The van der Waals surface area contributed by atoms with Crippen molar-refractivity contribution in [2.24, 2.45) is 0 Å². The summed E-state index contributed by atoms with van der Waals surface area (Å²) in [5.41, 5.74) is -5.47. The molecular weight excluding hydrogens is 569 g/mol. The number of sulfonamides is 1. The Labute approximate surface area is 216 Å². The van der Waals surface area contributed by atoms with Crippen LogP contribution in [-0.2, 0) is 25.7 Å². The van der Waals surface area contributed by atoms with E-state index in [0.29, 0.717) is 30.3 Å². The standard InChI is InChI=1S/C22H19F7N2O7S/c1-20(2,22(27,28)29)38-19(34)30-11-3-6-17-16(7-11)31(10-12(37-17)8-18(32)33)39(35,36)13-4-5-15(23)14(9-13)21(24,25)26/h3-7,9,12H,8,10H2,1-2H3,(H,30,34)(H,32,33). The van der Waals surface area contributed by atoms with E-state index >= 15 is 0 Å². The number of halogens is 7. The van der Waals surface area contributed by atoms with Gasteiger partial charge in [0.05, 0.1) is 29.1 Å². The number of amides is 1. The van der Waals surface area contributed by atoms with Crippen LogP contribution >= 0.6 is 0 Å². The molecule has 0 radical (unpaired) electrons. The van der Waals surface area contributed by atoms with Gasteiger partial charge in [0.1, 0.15) is 17.7 Å². The van der Waals surface area contributed by atoms with Crippen molar-refractivity contribution in [3.63, 3.8) is 0 Å². The van der Waals surface area contributed by atoms with Gasteiger partial charge in [0, 0.05) is 5.69 Å². The summed E-state index contributed by atoms with van der Waals surface area (Å²) in [4.78, 5) is 22.3. The number of carbonyl (C=O) groups excluding carboxylic acids is 1. The predicted molar refractivity (Wildman–Crippen MR) is 119 cm³/mol. The number of carbonyl (C=O) groups is 2. The monoisotopic (exact) mass is 588 g/mol. The Morgan fingerprint density at radius 1 is 1.10 bits per heavy atom. The molecule has 0 aromatic heterocycles. The maximum atomic E-state index is 13.8. The second-order valence-corrected chi connectivity index (χ2v) is 10.6. The Hall–Kier alpha value is -3.76. The van der Waals surface area contributed by atoms with Crippen molar-refractivity contribution in [3.8, 4) is 5.75 Å². The summed E-state index contributed by atoms with van der Waals surface area (Å²) in [6, 6.07) is 3.98. The van der Waals surface area contributed by atoms with Crippen molar-refractivity contribution in [1.82, 2.24) is 0 Å². The van der Waals surface area contributed by atoms with Gasteiger partial charge in [0.25, 0.3) is 10.0 Å². The van der Waals surface area contributed by atoms with Crippen LogP contribution in [0.5, 0.6) is 5.75 Å². The van der Waals surface area contributed by atoms with Crippen molar-refractivity contribution in [1.29, 1.82) is 0 Å². The van der Waals surface area contributed by atoms with E-state index in [2.05, 4.69) is 4.74 Å². The number of hydrogen-bond donors (Lipinski definition) is 2. The van der Waals surface area contributed by atoms with E-state index in [1.165, 1.54) is 0 Å². The van der Waals surface area contributed by atoms with Crippen LogP contribution in [0.4, 0.5) is 46.9 Å². The lowest BCUT2D eigenvalue weighted by Crippen LogP contribution is -2.45. The lowest BCUT2D eigenvalue weighted by molar-refractivity contribution is -0.242. The van der Waals surface area contributed by atoms with E-state index in [-0.39, 0.29) is 17.5 Å². The number of benzene rings is 2. The molecule has 0 aliphatic carbocycles. The number of anilines is 2. The third kappa shape index (κ3) is 6.46. The number of carboxylic acids is 1. The fourth-order valence-electron chi connectivity index (χ4n) is 3.36. The minimum atomic E-state index is -5.24. The van der Waals surface area contributed by atoms with E-state index < -0.39 is 81.1 Å². The summed E-state index contributed by atoms with van der Waals surface area (Å²) < 4.78 is 130. The third-order valence-electron chi connectivity index (χ3n) is 5.40. The topological polar surface area (TPSA) is 122 Å². The molecule has 1 aliphatic rings. The molecule has 0 saturated carbocycles. The van der Waals surface area contributed by atoms with Crippen LogP contribution in [0, 0.1) is 5.82 Å². The molecule has 214 valence electrons. The van der Waals surface area contributed by atoms with Crippen molar-refractivity contribution in [3.05, 3.63) is 47.8 Å². The van der Waals surface area contributed by atoms with Crippen LogP contribution < -0.4 is 14.4 Å². The highest BCUT2D eigenvalue weighted by Crippen LogP contribution is 2.41. The molecule has 9 nitrogen and oxygen atoms in total. The summed E-state index contributed by atoms with van der Waals surface area (Å²) in [5.74, 6) is -3.40. The number of alkyl halides is 6. The van der Waals surface area contributed by atoms with Gasteiger partial charge in [-0.3, -0.25) is 14.4 Å². The van der Waals surface area contributed by atoms with Gasteiger partial charge in [-0.1, -0.05) is 0 Å². The van der Waals surface area contributed by atoms with Crippen LogP contribution in [0.15, 0.2) is 41.3 Å². The number of ether oxygens (including phenoxy) is 2. The number of hydrogen-bond acceptors (Lipinski definition) is 6. The van der Waals surface area contributed by atoms with Crippen LogP contribution in [0.2, 0.25) is 0 Å². The van der Waals surface area contributed by atoms with Gasteiger partial charge in [-0.05, 0) is 50.2 Å². The highest BCUT2D eigenvalue weighted by atomic mass is 32.2. The molecule has 2 aromatic rings. The van der Waals surface area contributed by atoms with Gasteiger partial charge < -0.3 is 14.6 Å². The van der Waals surface area contributed by atoms with Crippen LogP contribution in [0.1, 0.15) is 25.8 Å². The molecule has 39 heavy (non-hydrogen) atoms. The average Bonchev–Trinajstić information content (AvgIpc) is 2.76. The number of aliphatic carboxylic acids is 1. The van der Waals surface area contributed by atoms with Crippen molar-refractivity contribution in [2.75, 3.05) is 16.2 Å². The summed E-state index contributed by atoms with van der Waals surface area (Å²) >= 11 is 0. The second kappa shape index (κ2) is 10.1. The van der Waals surface area contributed by atoms with Crippen LogP contribution in [0.3, 0.4) is 0 Å². The van der Waals surface area contributed by atoms with E-state index in [4.69, 9.17) is 9.84 Å². The van der Waals surface area contributed by atoms with Gasteiger partial charge in [-0.2, -0.15) is 26.3 Å². The first kappa shape index (κ1) is 29.8. The predicted octanol–water partition coefficient (Wildman–Crippen LogP) is 5.16. The average molecular weight is 588 g/mol. The molecule has 1 aliphatic heterocycles. The molecule has 2 N–H and O–H groups in total. The van der Waals surface area contributed by atoms with Gasteiger partial charge >= 0.3 is 24.4 Å². The molecule has 1 heterocycles. The number of rotatable bonds is 6. The SMILES string of the molecule is CC(C)(OC(=O)Nc1ccc2c(c1)N(S(=O)(=O)c1ccc(F)c(C(F)(F)F)c1)CC(CC(=O)O)O2)C(F)(F)F. The molecule has 2 aromatic carbocycles. The number of carboxylic acid groups (broad SMARTS) is 1. The summed E-state index contributed by atoms with van der Waals surface area (Å²) in [6.07, 6.45) is -13.8. The Kier molecular flexibility index (Phi) is 7.71. The Morgan fingerprint density at radius 3 is 2.31 bits per heavy atom. The van der Waals surface area contributed by atoms with E-state index in [1.54, 1.807) is 0 Å². The molecule has 17 heteroatoms. The zero-order valence-electron chi connectivity index (χ0n) is 19.9. The molecule has 1 unspecified atom stereocenters. The molecule has 1 atom stereocenters. The van der Waals surface area contributed by atoms with Crippen molar-refractivity contribution >= 4 is 33.5 Å². The Morgan fingerprint density at radius 2 is 1.74 bits per heavy atom. The number of nitrogens with one attached hydrogen (secondary N) is 1. The fraction of sp³-hybridized carbons (Fsp3) is 0.364. The lowest BCUT2D eigenvalue weighted by atomic mass is 10.1. The molecule has 3 rings (SSSR count). The minimum absolute atomic E-state index is 0.0602. The van der Waals surface area contributed by atoms with Crippen LogP contribution in [-0.4, -0.2) is 50.0 Å². The quantitative estimate of drug-likeness (QED) is 0.447. The highest BCUT2D eigenvalue weighted by Gasteiger charge is 2.51. The number of nitrogens with zero attached hydrogens (tertiary/aromatic N) is 1. The number of fused-ring (bicyclic) bond motifs is 1. The normalized spacial score (nSPS) is 16.2. The highest BCUT2D eigenvalue weighted by molar-refractivity contribution is 7.92. The van der Waals surface area contributed by atoms with E-state index in [0.717, 1.165) is 18.2 Å². The molecule has 0 saturated heterocycles. The van der Waals surface area contributed by atoms with Gasteiger partial charge in [-0.15, -0.1) is 0 Å². The summed E-state index contributed by atoms with van der Waals surface area (Å²) in [7, 11) is -4.94.